The average Bonchev–Trinajstić information content (AvgIpc) is 2.64. The third kappa shape index (κ3) is 13.0. The summed E-state index contributed by atoms with van der Waals surface area (Å²) >= 11 is 0. The van der Waals surface area contributed by atoms with Crippen molar-refractivity contribution in [3.05, 3.63) is 0 Å². The van der Waals surface area contributed by atoms with Gasteiger partial charge >= 0.3 is 17.9 Å². The Morgan fingerprint density at radius 2 is 1.00 bits per heavy atom. The third-order valence-corrected chi connectivity index (χ3v) is 4.20. The van der Waals surface area contributed by atoms with Gasteiger partial charge in [-0.25, -0.2) is 9.59 Å². The van der Waals surface area contributed by atoms with Crippen molar-refractivity contribution in [3.8, 4) is 0 Å². The minimum absolute atomic E-state index is 0.0337. The molecular formula is C19H31N3O9. The number of Topliss-reactive ketones (excluding diaryl/α,β-unsaturated/α-hetero) is 1. The summed E-state index contributed by atoms with van der Waals surface area (Å²) in [4.78, 5) is 68.7. The normalized spacial score (nSPS) is 13.7. The van der Waals surface area contributed by atoms with Crippen LogP contribution in [0.5, 0.6) is 0 Å². The Labute approximate surface area is 179 Å². The lowest BCUT2D eigenvalue weighted by molar-refractivity contribution is -0.143. The number of aliphatic carboxylic acids is 3. The van der Waals surface area contributed by atoms with Crippen LogP contribution in [0.3, 0.4) is 0 Å². The van der Waals surface area contributed by atoms with Crippen LogP contribution in [-0.4, -0.2) is 75.0 Å². The summed E-state index contributed by atoms with van der Waals surface area (Å²) < 4.78 is 0. The van der Waals surface area contributed by atoms with Gasteiger partial charge in [-0.05, 0) is 26.2 Å². The Hall–Kier alpha value is -3.02. The number of carboxylic acids is 3. The fraction of sp³-hybridized carbons (Fsp3) is 0.684. The number of amides is 2. The predicted octanol–water partition coefficient (Wildman–Crippen LogP) is -0.494. The monoisotopic (exact) mass is 445 g/mol. The molecule has 0 radical (unpaired) electrons. The molecule has 0 saturated heterocycles. The zero-order valence-electron chi connectivity index (χ0n) is 17.8. The van der Waals surface area contributed by atoms with Gasteiger partial charge in [-0.15, -0.1) is 0 Å². The van der Waals surface area contributed by atoms with Crippen LogP contribution in [0.15, 0.2) is 0 Å². The first-order valence-corrected chi connectivity index (χ1v) is 9.86. The first-order valence-electron chi connectivity index (χ1n) is 9.86. The van der Waals surface area contributed by atoms with Crippen LogP contribution in [0.1, 0.15) is 59.3 Å². The Morgan fingerprint density at radius 1 is 0.645 bits per heavy atom. The van der Waals surface area contributed by atoms with Crippen molar-refractivity contribution < 1.29 is 44.1 Å². The second-order valence-corrected chi connectivity index (χ2v) is 7.45. The van der Waals surface area contributed by atoms with Crippen molar-refractivity contribution in [3.63, 3.8) is 0 Å². The molecule has 12 heteroatoms. The van der Waals surface area contributed by atoms with Gasteiger partial charge in [0.2, 0.25) is 11.8 Å². The molecule has 12 nitrogen and oxygen atoms in total. The van der Waals surface area contributed by atoms with Crippen LogP contribution in [0.25, 0.3) is 0 Å². The molecule has 0 aliphatic rings. The first-order chi connectivity index (χ1) is 14.3. The summed E-state index contributed by atoms with van der Waals surface area (Å²) in [5, 5.41) is 34.7. The molecule has 0 rings (SSSR count). The van der Waals surface area contributed by atoms with Gasteiger partial charge in [0.25, 0.3) is 0 Å². The van der Waals surface area contributed by atoms with E-state index >= 15 is 0 Å². The van der Waals surface area contributed by atoms with Crippen LogP contribution in [0.2, 0.25) is 0 Å². The molecule has 0 bridgehead atoms. The number of hydrogen-bond acceptors (Lipinski definition) is 7. The largest absolute Gasteiger partial charge is 0.480 e. The van der Waals surface area contributed by atoms with Gasteiger partial charge in [0.05, 0.1) is 0 Å². The molecule has 0 saturated carbocycles. The lowest BCUT2D eigenvalue weighted by Gasteiger charge is -2.19. The summed E-state index contributed by atoms with van der Waals surface area (Å²) in [7, 11) is 0. The van der Waals surface area contributed by atoms with E-state index in [0.717, 1.165) is 0 Å². The number of ketones is 1. The van der Waals surface area contributed by atoms with Gasteiger partial charge < -0.3 is 36.1 Å². The molecule has 2 amide bonds. The number of carboxylic acid groups (broad SMARTS) is 3. The maximum atomic E-state index is 12.0. The predicted molar refractivity (Wildman–Crippen MR) is 107 cm³/mol. The molecule has 0 aromatic heterocycles. The minimum Gasteiger partial charge on any atom is -0.480 e. The van der Waals surface area contributed by atoms with E-state index in [-0.39, 0.29) is 50.4 Å². The van der Waals surface area contributed by atoms with Crippen molar-refractivity contribution in [2.45, 2.75) is 83.5 Å². The molecule has 176 valence electrons. The smallest absolute Gasteiger partial charge is 0.326 e. The second kappa shape index (κ2) is 14.1. The lowest BCUT2D eigenvalue weighted by Crippen LogP contribution is -2.45. The van der Waals surface area contributed by atoms with Gasteiger partial charge in [0.1, 0.15) is 23.9 Å². The van der Waals surface area contributed by atoms with Gasteiger partial charge in [-0.1, -0.05) is 13.8 Å². The fourth-order valence-electron chi connectivity index (χ4n) is 2.63. The zero-order valence-corrected chi connectivity index (χ0v) is 17.8. The van der Waals surface area contributed by atoms with Crippen molar-refractivity contribution in [2.24, 2.45) is 0 Å². The summed E-state index contributed by atoms with van der Waals surface area (Å²) in [6, 6.07) is -3.78. The molecule has 0 spiro atoms. The Kier molecular flexibility index (Phi) is 12.7. The molecule has 0 aromatic rings. The Morgan fingerprint density at radius 3 is 1.32 bits per heavy atom. The minimum atomic E-state index is -1.40. The highest BCUT2D eigenvalue weighted by molar-refractivity contribution is 5.86. The number of nitrogens with one attached hydrogen (secondary N) is 3. The topological polar surface area (TPSA) is 199 Å². The molecule has 0 aromatic carbocycles. The third-order valence-electron chi connectivity index (χ3n) is 4.20. The van der Waals surface area contributed by atoms with Crippen molar-refractivity contribution in [2.75, 3.05) is 0 Å². The fourth-order valence-corrected chi connectivity index (χ4v) is 2.63. The number of carbonyl (C=O) groups excluding carboxylic acids is 3. The SMILES string of the molecule is CC(=O)CCC(NC(=O)CCC(NC(=O)CCC(NC(C)C)C(=O)O)C(=O)O)C(=O)O. The van der Waals surface area contributed by atoms with Crippen LogP contribution in [-0.2, 0) is 28.8 Å². The highest BCUT2D eigenvalue weighted by Gasteiger charge is 2.25. The molecule has 0 fully saturated rings. The van der Waals surface area contributed by atoms with Gasteiger partial charge in [-0.3, -0.25) is 14.4 Å². The number of rotatable bonds is 16. The van der Waals surface area contributed by atoms with Crippen LogP contribution < -0.4 is 16.0 Å². The highest BCUT2D eigenvalue weighted by atomic mass is 16.4. The quantitative estimate of drug-likeness (QED) is 0.180. The maximum absolute atomic E-state index is 12.0. The summed E-state index contributed by atoms with van der Waals surface area (Å²) in [5.41, 5.74) is 0. The van der Waals surface area contributed by atoms with E-state index < -0.39 is 47.8 Å². The lowest BCUT2D eigenvalue weighted by atomic mass is 10.1. The summed E-state index contributed by atoms with van der Waals surface area (Å²) in [5.74, 6) is -5.49. The summed E-state index contributed by atoms with van der Waals surface area (Å²) in [6.45, 7) is 4.78. The molecule has 0 aliphatic heterocycles. The first kappa shape index (κ1) is 28.0. The second-order valence-electron chi connectivity index (χ2n) is 7.45. The number of hydrogen-bond donors (Lipinski definition) is 6. The molecule has 6 N–H and O–H groups in total. The molecule has 0 aliphatic carbocycles. The molecule has 3 atom stereocenters. The van der Waals surface area contributed by atoms with Crippen molar-refractivity contribution >= 4 is 35.5 Å². The molecule has 0 heterocycles. The molecular weight excluding hydrogens is 414 g/mol. The molecule has 31 heavy (non-hydrogen) atoms. The van der Waals surface area contributed by atoms with E-state index in [1.54, 1.807) is 13.8 Å². The van der Waals surface area contributed by atoms with E-state index in [1.165, 1.54) is 6.92 Å². The Bertz CT molecular complexity index is 679. The summed E-state index contributed by atoms with van der Waals surface area (Å²) in [6.07, 6.45) is -1.08. The van der Waals surface area contributed by atoms with E-state index in [2.05, 4.69) is 16.0 Å². The van der Waals surface area contributed by atoms with Gasteiger partial charge in [0, 0.05) is 25.3 Å². The van der Waals surface area contributed by atoms with Crippen LogP contribution in [0.4, 0.5) is 0 Å². The van der Waals surface area contributed by atoms with E-state index in [9.17, 15) is 33.9 Å². The van der Waals surface area contributed by atoms with Crippen molar-refractivity contribution in [1.29, 1.82) is 0 Å². The molecule has 3 unspecified atom stereocenters. The van der Waals surface area contributed by atoms with E-state index in [4.69, 9.17) is 10.2 Å². The van der Waals surface area contributed by atoms with Gasteiger partial charge in [0.15, 0.2) is 0 Å². The number of carbonyl (C=O) groups is 6. The van der Waals surface area contributed by atoms with E-state index in [0.29, 0.717) is 0 Å². The van der Waals surface area contributed by atoms with Crippen LogP contribution in [0, 0.1) is 0 Å². The Balaban J connectivity index is 4.68. The zero-order chi connectivity index (χ0) is 24.1. The van der Waals surface area contributed by atoms with Crippen LogP contribution >= 0.6 is 0 Å². The van der Waals surface area contributed by atoms with Gasteiger partial charge in [-0.2, -0.15) is 0 Å². The average molecular weight is 445 g/mol. The standard InChI is InChI=1S/C19H31N3O9/c1-10(2)20-12(17(26)27)6-8-15(24)22-14(19(30)31)7-9-16(25)21-13(18(28)29)5-4-11(3)23/h10,12-14,20H,4-9H2,1-3H3,(H,21,25)(H,22,24)(H,26,27)(H,28,29)(H,30,31). The maximum Gasteiger partial charge on any atom is 0.326 e. The van der Waals surface area contributed by atoms with E-state index in [1.807, 2.05) is 0 Å². The van der Waals surface area contributed by atoms with Crippen molar-refractivity contribution in [1.82, 2.24) is 16.0 Å². The highest BCUT2D eigenvalue weighted by Crippen LogP contribution is 2.05.